The topological polar surface area (TPSA) is 35.5 Å². The molecule has 3 nitrogen and oxygen atoms in total. The number of hydrogen-bond acceptors (Lipinski definition) is 3. The Morgan fingerprint density at radius 1 is 1.36 bits per heavy atom. The molecule has 14 heavy (non-hydrogen) atoms. The van der Waals surface area contributed by atoms with E-state index in [9.17, 15) is 4.79 Å². The summed E-state index contributed by atoms with van der Waals surface area (Å²) in [6.45, 7) is 3.84. The summed E-state index contributed by atoms with van der Waals surface area (Å²) < 4.78 is 10.5. The van der Waals surface area contributed by atoms with Gasteiger partial charge in [0.25, 0.3) is 0 Å². The Hall–Kier alpha value is -1.51. The normalized spacial score (nSPS) is 19.6. The van der Waals surface area contributed by atoms with Gasteiger partial charge in [-0.15, -0.1) is 0 Å². The summed E-state index contributed by atoms with van der Waals surface area (Å²) in [5.41, 5.74) is 1.55. The van der Waals surface area contributed by atoms with Gasteiger partial charge in [0.05, 0.1) is 0 Å². The summed E-state index contributed by atoms with van der Waals surface area (Å²) in [4.78, 5) is 11.5. The molecule has 0 N–H and O–H groups in total. The smallest absolute Gasteiger partial charge is 0.345 e. The van der Waals surface area contributed by atoms with E-state index in [1.165, 1.54) is 0 Å². The lowest BCUT2D eigenvalue weighted by molar-refractivity contribution is -0.0611. The van der Waals surface area contributed by atoms with Crippen molar-refractivity contribution in [1.29, 1.82) is 0 Å². The van der Waals surface area contributed by atoms with E-state index in [2.05, 4.69) is 0 Å². The minimum atomic E-state index is -0.433. The number of ether oxygens (including phenoxy) is 2. The summed E-state index contributed by atoms with van der Waals surface area (Å²) in [5, 5.41) is 0. The monoisotopic (exact) mass is 192 g/mol. The molecule has 3 heteroatoms. The molecule has 0 radical (unpaired) electrons. The van der Waals surface area contributed by atoms with Crippen LogP contribution in [-0.4, -0.2) is 12.3 Å². The van der Waals surface area contributed by atoms with Gasteiger partial charge in [0.2, 0.25) is 6.29 Å². The molecule has 1 aliphatic heterocycles. The van der Waals surface area contributed by atoms with Crippen LogP contribution < -0.4 is 4.74 Å². The lowest BCUT2D eigenvalue weighted by Crippen LogP contribution is -2.29. The van der Waals surface area contributed by atoms with E-state index in [0.717, 1.165) is 5.56 Å². The van der Waals surface area contributed by atoms with Gasteiger partial charge in [0.1, 0.15) is 11.3 Å². The molecular formula is C11H12O3. The Balaban J connectivity index is 2.40. The number of carbonyl (C=O) groups is 1. The standard InChI is InChI=1S/C11H12O3/c1-3-10-13-9-5-4-7(2)6-8(9)11(12)14-10/h4-6,10H,3H2,1-2H3. The first-order valence-electron chi connectivity index (χ1n) is 4.69. The molecule has 0 fully saturated rings. The first-order valence-corrected chi connectivity index (χ1v) is 4.69. The van der Waals surface area contributed by atoms with Crippen molar-refractivity contribution in [3.8, 4) is 5.75 Å². The van der Waals surface area contributed by atoms with Gasteiger partial charge in [-0.2, -0.15) is 0 Å². The maximum absolute atomic E-state index is 11.5. The van der Waals surface area contributed by atoms with Gasteiger partial charge in [-0.25, -0.2) is 4.79 Å². The average Bonchev–Trinajstić information content (AvgIpc) is 2.19. The van der Waals surface area contributed by atoms with Crippen LogP contribution in [0, 0.1) is 6.92 Å². The van der Waals surface area contributed by atoms with E-state index in [1.54, 1.807) is 6.07 Å². The largest absolute Gasteiger partial charge is 0.454 e. The maximum atomic E-state index is 11.5. The van der Waals surface area contributed by atoms with Gasteiger partial charge < -0.3 is 9.47 Å². The summed E-state index contributed by atoms with van der Waals surface area (Å²) in [6, 6.07) is 5.52. The Morgan fingerprint density at radius 2 is 2.14 bits per heavy atom. The number of fused-ring (bicyclic) bond motifs is 1. The SMILES string of the molecule is CCC1OC(=O)c2cc(C)ccc2O1. The van der Waals surface area contributed by atoms with Crippen molar-refractivity contribution in [2.75, 3.05) is 0 Å². The number of cyclic esters (lactones) is 1. The van der Waals surface area contributed by atoms with Gasteiger partial charge in [0.15, 0.2) is 0 Å². The zero-order valence-corrected chi connectivity index (χ0v) is 8.24. The number of benzene rings is 1. The zero-order chi connectivity index (χ0) is 10.1. The molecule has 0 amide bonds. The predicted molar refractivity (Wildman–Crippen MR) is 51.3 cm³/mol. The van der Waals surface area contributed by atoms with Crippen molar-refractivity contribution in [3.63, 3.8) is 0 Å². The minimum Gasteiger partial charge on any atom is -0.454 e. The zero-order valence-electron chi connectivity index (χ0n) is 8.24. The maximum Gasteiger partial charge on any atom is 0.345 e. The first kappa shape index (κ1) is 9.06. The highest BCUT2D eigenvalue weighted by Gasteiger charge is 2.25. The summed E-state index contributed by atoms with van der Waals surface area (Å²) >= 11 is 0. The Labute approximate surface area is 82.6 Å². The second kappa shape index (κ2) is 3.33. The van der Waals surface area contributed by atoms with Gasteiger partial charge in [-0.05, 0) is 19.1 Å². The average molecular weight is 192 g/mol. The third-order valence-electron chi connectivity index (χ3n) is 2.19. The number of rotatable bonds is 1. The van der Waals surface area contributed by atoms with Crippen LogP contribution in [-0.2, 0) is 4.74 Å². The highest BCUT2D eigenvalue weighted by Crippen LogP contribution is 2.27. The van der Waals surface area contributed by atoms with Crippen molar-refractivity contribution < 1.29 is 14.3 Å². The van der Waals surface area contributed by atoms with E-state index in [4.69, 9.17) is 9.47 Å². The molecule has 1 aromatic rings. The summed E-state index contributed by atoms with van der Waals surface area (Å²) in [5.74, 6) is 0.334. The molecule has 0 spiro atoms. The summed E-state index contributed by atoms with van der Waals surface area (Å²) in [7, 11) is 0. The Kier molecular flexibility index (Phi) is 2.15. The molecule has 1 heterocycles. The van der Waals surface area contributed by atoms with Gasteiger partial charge in [0, 0.05) is 6.42 Å². The van der Waals surface area contributed by atoms with Crippen LogP contribution in [0.5, 0.6) is 5.75 Å². The first-order chi connectivity index (χ1) is 6.70. The molecule has 0 aromatic heterocycles. The molecule has 1 unspecified atom stereocenters. The fraction of sp³-hybridized carbons (Fsp3) is 0.364. The van der Waals surface area contributed by atoms with Crippen molar-refractivity contribution in [2.45, 2.75) is 26.6 Å². The molecule has 1 atom stereocenters. The molecule has 0 bridgehead atoms. The quantitative estimate of drug-likeness (QED) is 0.640. The number of esters is 1. The highest BCUT2D eigenvalue weighted by molar-refractivity contribution is 5.93. The third-order valence-corrected chi connectivity index (χ3v) is 2.19. The fourth-order valence-corrected chi connectivity index (χ4v) is 1.42. The van der Waals surface area contributed by atoms with Crippen molar-refractivity contribution >= 4 is 5.97 Å². The summed E-state index contributed by atoms with van der Waals surface area (Å²) in [6.07, 6.45) is 0.233. The second-order valence-corrected chi connectivity index (χ2v) is 3.36. The van der Waals surface area contributed by atoms with E-state index < -0.39 is 6.29 Å². The van der Waals surface area contributed by atoms with Crippen molar-refractivity contribution in [3.05, 3.63) is 29.3 Å². The van der Waals surface area contributed by atoms with Gasteiger partial charge in [-0.1, -0.05) is 18.6 Å². The molecule has 1 aliphatic rings. The molecule has 2 rings (SSSR count). The minimum absolute atomic E-state index is 0.290. The Bertz CT molecular complexity index is 371. The van der Waals surface area contributed by atoms with Crippen LogP contribution in [0.3, 0.4) is 0 Å². The van der Waals surface area contributed by atoms with E-state index in [-0.39, 0.29) is 5.97 Å². The predicted octanol–water partition coefficient (Wildman–Crippen LogP) is 2.28. The van der Waals surface area contributed by atoms with Gasteiger partial charge in [-0.3, -0.25) is 0 Å². The molecule has 0 saturated heterocycles. The van der Waals surface area contributed by atoms with Crippen LogP contribution in [0.15, 0.2) is 18.2 Å². The molecule has 1 aromatic carbocycles. The molecular weight excluding hydrogens is 180 g/mol. The van der Waals surface area contributed by atoms with E-state index >= 15 is 0 Å². The van der Waals surface area contributed by atoms with Crippen LogP contribution in [0.2, 0.25) is 0 Å². The number of carbonyl (C=O) groups excluding carboxylic acids is 1. The lowest BCUT2D eigenvalue weighted by atomic mass is 10.1. The van der Waals surface area contributed by atoms with E-state index in [0.29, 0.717) is 17.7 Å². The second-order valence-electron chi connectivity index (χ2n) is 3.36. The van der Waals surface area contributed by atoms with Crippen LogP contribution >= 0.6 is 0 Å². The highest BCUT2D eigenvalue weighted by atomic mass is 16.7. The molecule has 74 valence electrons. The van der Waals surface area contributed by atoms with Gasteiger partial charge >= 0.3 is 5.97 Å². The van der Waals surface area contributed by atoms with E-state index in [1.807, 2.05) is 26.0 Å². The Morgan fingerprint density at radius 3 is 2.86 bits per heavy atom. The van der Waals surface area contributed by atoms with Crippen molar-refractivity contribution in [1.82, 2.24) is 0 Å². The van der Waals surface area contributed by atoms with Crippen LogP contribution in [0.4, 0.5) is 0 Å². The van der Waals surface area contributed by atoms with Crippen molar-refractivity contribution in [2.24, 2.45) is 0 Å². The van der Waals surface area contributed by atoms with Crippen LogP contribution in [0.25, 0.3) is 0 Å². The van der Waals surface area contributed by atoms with Crippen LogP contribution in [0.1, 0.15) is 29.3 Å². The lowest BCUT2D eigenvalue weighted by Gasteiger charge is -2.24. The fourth-order valence-electron chi connectivity index (χ4n) is 1.42. The third kappa shape index (κ3) is 1.45. The molecule has 0 aliphatic carbocycles. The number of hydrogen-bond donors (Lipinski definition) is 0. The molecule has 0 saturated carbocycles. The number of aryl methyl sites for hydroxylation is 1.